The van der Waals surface area contributed by atoms with Crippen LogP contribution in [0.25, 0.3) is 67.0 Å². The zero-order valence-corrected chi connectivity index (χ0v) is 27.1. The van der Waals surface area contributed by atoms with Crippen LogP contribution < -0.4 is 0 Å². The van der Waals surface area contributed by atoms with E-state index in [2.05, 4.69) is 90.1 Å². The van der Waals surface area contributed by atoms with Crippen molar-refractivity contribution in [3.63, 3.8) is 0 Å². The number of benzene rings is 4. The van der Waals surface area contributed by atoms with Crippen LogP contribution >= 0.6 is 0 Å². The number of aromatic nitrogens is 3. The summed E-state index contributed by atoms with van der Waals surface area (Å²) in [5.74, 6) is 0.527. The maximum absolute atomic E-state index is 10.5. The van der Waals surface area contributed by atoms with Crippen LogP contribution in [0, 0.1) is 0 Å². The number of nitrogens with zero attached hydrogens (tertiary/aromatic N) is 3. The van der Waals surface area contributed by atoms with Gasteiger partial charge in [-0.2, -0.15) is 0 Å². The number of phenolic OH excluding ortho intramolecular Hbond substituents is 1. The Labute approximate surface area is 269 Å². The van der Waals surface area contributed by atoms with Gasteiger partial charge in [-0.05, 0) is 87.7 Å². The standard InChI is InChI=1S/C41H37N3O2/c1-40(2,3)27-21-25(29-13-11-16-36-38(29)44-39(46-36)31-12-7-8-15-35(31)45)20-26(22-27)32-23-28(41(4,5)6)24-33-30(17-19-43-37(32)33)34-14-9-10-18-42-34/h7-24,45H,1-6H3. The molecule has 5 nitrogen and oxygen atoms in total. The Morgan fingerprint density at radius 2 is 1.26 bits per heavy atom. The first-order chi connectivity index (χ1) is 22.0. The number of aromatic hydroxyl groups is 1. The van der Waals surface area contributed by atoms with Crippen molar-refractivity contribution in [2.45, 2.75) is 52.4 Å². The zero-order chi connectivity index (χ0) is 32.2. The third-order valence-electron chi connectivity index (χ3n) is 8.63. The van der Waals surface area contributed by atoms with Gasteiger partial charge in [-0.15, -0.1) is 0 Å². The molecule has 0 saturated heterocycles. The third kappa shape index (κ3) is 5.32. The highest BCUT2D eigenvalue weighted by atomic mass is 16.3. The van der Waals surface area contributed by atoms with Crippen LogP contribution in [0.5, 0.6) is 5.75 Å². The Morgan fingerprint density at radius 1 is 0.565 bits per heavy atom. The first-order valence-corrected chi connectivity index (χ1v) is 15.7. The molecule has 4 aromatic carbocycles. The molecule has 0 unspecified atom stereocenters. The number of hydrogen-bond donors (Lipinski definition) is 1. The van der Waals surface area contributed by atoms with Crippen molar-refractivity contribution in [3.8, 4) is 50.7 Å². The van der Waals surface area contributed by atoms with Gasteiger partial charge in [-0.3, -0.25) is 9.97 Å². The van der Waals surface area contributed by atoms with Gasteiger partial charge >= 0.3 is 0 Å². The molecular weight excluding hydrogens is 566 g/mol. The molecule has 0 aliphatic heterocycles. The van der Waals surface area contributed by atoms with Gasteiger partial charge in [0.05, 0.1) is 16.8 Å². The molecule has 1 N–H and O–H groups in total. The number of pyridine rings is 2. The summed E-state index contributed by atoms with van der Waals surface area (Å²) in [5, 5.41) is 11.6. The van der Waals surface area contributed by atoms with Gasteiger partial charge in [0.15, 0.2) is 5.58 Å². The number of fused-ring (bicyclic) bond motifs is 2. The van der Waals surface area contributed by atoms with Gasteiger partial charge in [0.25, 0.3) is 0 Å². The molecule has 3 heterocycles. The smallest absolute Gasteiger partial charge is 0.231 e. The average molecular weight is 604 g/mol. The van der Waals surface area contributed by atoms with Crippen LogP contribution in [0.4, 0.5) is 0 Å². The molecule has 7 aromatic rings. The summed E-state index contributed by atoms with van der Waals surface area (Å²) in [7, 11) is 0. The molecule has 5 heteroatoms. The van der Waals surface area contributed by atoms with Crippen molar-refractivity contribution in [3.05, 3.63) is 121 Å². The second-order valence-corrected chi connectivity index (χ2v) is 14.0. The molecule has 0 aliphatic rings. The van der Waals surface area contributed by atoms with Gasteiger partial charge in [-0.1, -0.05) is 84.0 Å². The summed E-state index contributed by atoms with van der Waals surface area (Å²) in [6.07, 6.45) is 3.72. The van der Waals surface area contributed by atoms with Gasteiger partial charge in [0.1, 0.15) is 11.3 Å². The molecule has 228 valence electrons. The number of para-hydroxylation sites is 2. The third-order valence-corrected chi connectivity index (χ3v) is 8.63. The minimum Gasteiger partial charge on any atom is -0.507 e. The molecule has 0 saturated carbocycles. The van der Waals surface area contributed by atoms with Gasteiger partial charge in [-0.25, -0.2) is 4.98 Å². The topological polar surface area (TPSA) is 72.0 Å². The van der Waals surface area contributed by atoms with E-state index < -0.39 is 0 Å². The summed E-state index contributed by atoms with van der Waals surface area (Å²) in [6, 6.07) is 32.6. The fraction of sp³-hybridized carbons (Fsp3) is 0.195. The Morgan fingerprint density at radius 3 is 1.98 bits per heavy atom. The van der Waals surface area contributed by atoms with Crippen molar-refractivity contribution < 1.29 is 9.52 Å². The fourth-order valence-electron chi connectivity index (χ4n) is 5.98. The van der Waals surface area contributed by atoms with Gasteiger partial charge in [0.2, 0.25) is 5.89 Å². The summed E-state index contributed by atoms with van der Waals surface area (Å²) in [4.78, 5) is 14.6. The first kappa shape index (κ1) is 29.4. The number of oxazole rings is 1. The van der Waals surface area contributed by atoms with E-state index in [1.165, 1.54) is 11.1 Å². The van der Waals surface area contributed by atoms with Crippen molar-refractivity contribution in [2.24, 2.45) is 0 Å². The van der Waals surface area contributed by atoms with Crippen molar-refractivity contribution in [2.75, 3.05) is 0 Å². The maximum Gasteiger partial charge on any atom is 0.231 e. The lowest BCUT2D eigenvalue weighted by atomic mass is 9.80. The summed E-state index contributed by atoms with van der Waals surface area (Å²) in [6.45, 7) is 13.5. The minimum atomic E-state index is -0.118. The predicted molar refractivity (Wildman–Crippen MR) is 188 cm³/mol. The molecule has 7 rings (SSSR count). The molecular formula is C41H37N3O2. The van der Waals surface area contributed by atoms with E-state index in [0.29, 0.717) is 17.0 Å². The summed E-state index contributed by atoms with van der Waals surface area (Å²) >= 11 is 0. The van der Waals surface area contributed by atoms with E-state index in [4.69, 9.17) is 19.4 Å². The fourth-order valence-corrected chi connectivity index (χ4v) is 5.98. The van der Waals surface area contributed by atoms with Crippen LogP contribution in [-0.4, -0.2) is 20.1 Å². The number of phenols is 1. The zero-order valence-electron chi connectivity index (χ0n) is 27.1. The van der Waals surface area contributed by atoms with Crippen molar-refractivity contribution in [1.29, 1.82) is 0 Å². The highest BCUT2D eigenvalue weighted by Crippen LogP contribution is 2.42. The van der Waals surface area contributed by atoms with Crippen molar-refractivity contribution >= 4 is 22.0 Å². The molecule has 3 aromatic heterocycles. The molecule has 0 aliphatic carbocycles. The second kappa shape index (κ2) is 11.0. The van der Waals surface area contributed by atoms with Crippen LogP contribution in [0.15, 0.2) is 114 Å². The van der Waals surface area contributed by atoms with E-state index in [1.54, 1.807) is 12.1 Å². The lowest BCUT2D eigenvalue weighted by Crippen LogP contribution is -2.12. The van der Waals surface area contributed by atoms with Crippen LogP contribution in [-0.2, 0) is 10.8 Å². The SMILES string of the molecule is CC(C)(C)c1cc(-c2cccc3oc(-c4ccccc4O)nc23)cc(-c2cc(C(C)(C)C)cc3c(-c4ccccn4)ccnc23)c1. The van der Waals surface area contributed by atoms with E-state index >= 15 is 0 Å². The van der Waals surface area contributed by atoms with Crippen LogP contribution in [0.2, 0.25) is 0 Å². The first-order valence-electron chi connectivity index (χ1n) is 15.7. The molecule has 0 bridgehead atoms. The van der Waals surface area contributed by atoms with E-state index in [1.807, 2.05) is 48.8 Å². The van der Waals surface area contributed by atoms with E-state index in [0.717, 1.165) is 49.9 Å². The Balaban J connectivity index is 1.50. The van der Waals surface area contributed by atoms with Crippen LogP contribution in [0.1, 0.15) is 52.7 Å². The Bertz CT molecular complexity index is 2240. The highest BCUT2D eigenvalue weighted by Gasteiger charge is 2.23. The summed E-state index contributed by atoms with van der Waals surface area (Å²) < 4.78 is 6.19. The lowest BCUT2D eigenvalue weighted by Gasteiger charge is -2.24. The second-order valence-electron chi connectivity index (χ2n) is 14.0. The van der Waals surface area contributed by atoms with Crippen molar-refractivity contribution in [1.82, 2.24) is 15.0 Å². The van der Waals surface area contributed by atoms with Crippen LogP contribution in [0.3, 0.4) is 0 Å². The van der Waals surface area contributed by atoms with E-state index in [-0.39, 0.29) is 16.6 Å². The predicted octanol–water partition coefficient (Wildman–Crippen LogP) is 10.7. The molecule has 46 heavy (non-hydrogen) atoms. The van der Waals surface area contributed by atoms with Gasteiger partial charge in [0, 0.05) is 34.5 Å². The normalized spacial score (nSPS) is 12.2. The molecule has 0 fully saturated rings. The van der Waals surface area contributed by atoms with Gasteiger partial charge < -0.3 is 9.52 Å². The maximum atomic E-state index is 10.5. The molecule has 0 amide bonds. The highest BCUT2D eigenvalue weighted by molar-refractivity contribution is 6.03. The Kier molecular flexibility index (Phi) is 7.01. The number of rotatable bonds is 4. The molecule has 0 atom stereocenters. The Hall–Kier alpha value is -5.29. The lowest BCUT2D eigenvalue weighted by molar-refractivity contribution is 0.474. The molecule has 0 spiro atoms. The molecule has 0 radical (unpaired) electrons. The van der Waals surface area contributed by atoms with E-state index in [9.17, 15) is 5.11 Å². The monoisotopic (exact) mass is 603 g/mol. The quantitative estimate of drug-likeness (QED) is 0.217. The minimum absolute atomic E-state index is 0.0870. The average Bonchev–Trinajstić information content (AvgIpc) is 3.48. The summed E-state index contributed by atoms with van der Waals surface area (Å²) in [5.41, 5.74) is 11.3. The largest absolute Gasteiger partial charge is 0.507 e. The number of hydrogen-bond acceptors (Lipinski definition) is 5.